The Morgan fingerprint density at radius 1 is 1.43 bits per heavy atom. The minimum Gasteiger partial charge on any atom is -0.494 e. The molecule has 1 aliphatic rings. The van der Waals surface area contributed by atoms with Crippen LogP contribution in [0, 0.1) is 11.9 Å². The Balaban J connectivity index is 0.00000220. The van der Waals surface area contributed by atoms with Crippen molar-refractivity contribution in [3.63, 3.8) is 0 Å². The third-order valence-corrected chi connectivity index (χ3v) is 3.71. The zero-order valence-corrected chi connectivity index (χ0v) is 16.5. The molecule has 109 valence electrons. The Kier molecular flexibility index (Phi) is 7.31. The zero-order chi connectivity index (χ0) is 14.7. The van der Waals surface area contributed by atoms with Gasteiger partial charge in [0.25, 0.3) is 0 Å². The van der Waals surface area contributed by atoms with Crippen molar-refractivity contribution < 1.29 is 41.8 Å². The van der Waals surface area contributed by atoms with Gasteiger partial charge in [-0.1, -0.05) is 29.2 Å². The van der Waals surface area contributed by atoms with E-state index < -0.39 is 0 Å². The van der Waals surface area contributed by atoms with Gasteiger partial charge in [-0.2, -0.15) is 12.2 Å². The molecule has 0 fully saturated rings. The van der Waals surface area contributed by atoms with Crippen LogP contribution in [-0.4, -0.2) is 18.6 Å². The summed E-state index contributed by atoms with van der Waals surface area (Å²) >= 11 is 3.38. The fourth-order valence-corrected chi connectivity index (χ4v) is 2.24. The van der Waals surface area contributed by atoms with Crippen molar-refractivity contribution in [2.45, 2.75) is 13.3 Å². The van der Waals surface area contributed by atoms with Crippen LogP contribution in [0.1, 0.15) is 18.9 Å². The Morgan fingerprint density at radius 2 is 2.14 bits per heavy atom. The quantitative estimate of drug-likeness (QED) is 0.658. The number of ether oxygens (including phenoxy) is 1. The molecular formula is C16H16BrFNOY-. The molecule has 1 heterocycles. The first-order valence-corrected chi connectivity index (χ1v) is 7.18. The minimum absolute atomic E-state index is 0. The van der Waals surface area contributed by atoms with Gasteiger partial charge in [0.2, 0.25) is 0 Å². The molecule has 0 saturated carbocycles. The molecule has 1 aliphatic heterocycles. The second kappa shape index (κ2) is 8.26. The maximum Gasteiger partial charge on any atom is 0.120 e. The predicted molar refractivity (Wildman–Crippen MR) is 82.7 cm³/mol. The van der Waals surface area contributed by atoms with Crippen molar-refractivity contribution in [1.82, 2.24) is 4.90 Å². The first kappa shape index (κ1) is 18.6. The molecule has 2 rings (SSSR count). The maximum atomic E-state index is 14.2. The van der Waals surface area contributed by atoms with Crippen LogP contribution in [0.2, 0.25) is 0 Å². The predicted octanol–water partition coefficient (Wildman–Crippen LogP) is 4.49. The first-order chi connectivity index (χ1) is 9.54. The second-order valence-corrected chi connectivity index (χ2v) is 5.34. The van der Waals surface area contributed by atoms with Gasteiger partial charge in [0.05, 0.1) is 12.4 Å². The van der Waals surface area contributed by atoms with Crippen LogP contribution >= 0.6 is 15.9 Å². The van der Waals surface area contributed by atoms with E-state index in [4.69, 9.17) is 4.74 Å². The first-order valence-electron chi connectivity index (χ1n) is 6.39. The Hall–Kier alpha value is -0.446. The normalized spacial score (nSPS) is 14.3. The van der Waals surface area contributed by atoms with Crippen LogP contribution < -0.4 is 4.74 Å². The van der Waals surface area contributed by atoms with Gasteiger partial charge in [0.1, 0.15) is 5.75 Å². The van der Waals surface area contributed by atoms with Crippen molar-refractivity contribution in [3.05, 3.63) is 58.5 Å². The monoisotopic (exact) mass is 425 g/mol. The van der Waals surface area contributed by atoms with Gasteiger partial charge in [-0.05, 0) is 18.2 Å². The summed E-state index contributed by atoms with van der Waals surface area (Å²) in [5, 5.41) is 0. The number of nitrogens with zero attached hydrogens (tertiary/aromatic N) is 1. The summed E-state index contributed by atoms with van der Waals surface area (Å²) in [6.45, 7) is 6.54. The van der Waals surface area contributed by atoms with E-state index >= 15 is 0 Å². The molecule has 0 amide bonds. The van der Waals surface area contributed by atoms with Gasteiger partial charge in [-0.15, -0.1) is 22.0 Å². The van der Waals surface area contributed by atoms with Crippen LogP contribution in [-0.2, 0) is 32.7 Å². The average Bonchev–Trinajstić information content (AvgIpc) is 2.44. The number of hydrogen-bond donors (Lipinski definition) is 0. The van der Waals surface area contributed by atoms with E-state index in [1.54, 1.807) is 23.1 Å². The number of allylic oxidation sites excluding steroid dienone is 3. The van der Waals surface area contributed by atoms with E-state index in [9.17, 15) is 4.39 Å². The summed E-state index contributed by atoms with van der Waals surface area (Å²) in [6.07, 6.45) is 5.70. The van der Waals surface area contributed by atoms with E-state index in [-0.39, 0.29) is 38.5 Å². The molecular weight excluding hydrogens is 410 g/mol. The molecule has 0 aromatic heterocycles. The van der Waals surface area contributed by atoms with E-state index in [1.165, 1.54) is 6.07 Å². The third-order valence-electron chi connectivity index (χ3n) is 3.02. The molecule has 1 radical (unpaired) electrons. The molecule has 21 heavy (non-hydrogen) atoms. The standard InChI is InChI=1S/C16H16BrFNO.Y/c1-4-9-20-12-5-6-13(15(18)10-12)16-8-7-14(17)11(2)19(16)3;/h5-7,10H,2,4,9H2,1,3H3;/q-1;. The van der Waals surface area contributed by atoms with Crippen molar-refractivity contribution in [2.75, 3.05) is 13.7 Å². The summed E-state index contributed by atoms with van der Waals surface area (Å²) in [7, 11) is 1.83. The average molecular weight is 426 g/mol. The topological polar surface area (TPSA) is 12.5 Å². The number of rotatable bonds is 4. The Bertz CT molecular complexity index is 598. The smallest absolute Gasteiger partial charge is 0.120 e. The van der Waals surface area contributed by atoms with Gasteiger partial charge in [-0.3, -0.25) is 0 Å². The molecule has 5 heteroatoms. The van der Waals surface area contributed by atoms with Crippen LogP contribution in [0.5, 0.6) is 5.75 Å². The van der Waals surface area contributed by atoms with Crippen LogP contribution in [0.25, 0.3) is 5.70 Å². The van der Waals surface area contributed by atoms with Gasteiger partial charge in [-0.25, -0.2) is 4.39 Å². The van der Waals surface area contributed by atoms with E-state index in [0.29, 0.717) is 23.6 Å². The fourth-order valence-electron chi connectivity index (χ4n) is 1.86. The number of halogens is 2. The number of hydrogen-bond acceptors (Lipinski definition) is 2. The molecule has 0 aliphatic carbocycles. The summed E-state index contributed by atoms with van der Waals surface area (Å²) in [6, 6.07) is 4.88. The van der Waals surface area contributed by atoms with Crippen molar-refractivity contribution >= 4 is 21.6 Å². The van der Waals surface area contributed by atoms with Gasteiger partial charge < -0.3 is 9.64 Å². The summed E-state index contributed by atoms with van der Waals surface area (Å²) in [5.41, 5.74) is 1.90. The number of benzene rings is 1. The SMILES string of the molecule is C=C1C(Br)=C[C-]=C(c2ccc(OCCC)cc2F)N1C.[Y]. The van der Waals surface area contributed by atoms with Gasteiger partial charge in [0.15, 0.2) is 0 Å². The number of likely N-dealkylation sites (N-methyl/N-ethyl adjacent to an activating group) is 1. The zero-order valence-electron chi connectivity index (χ0n) is 12.1. The van der Waals surface area contributed by atoms with Crippen molar-refractivity contribution in [2.24, 2.45) is 0 Å². The Morgan fingerprint density at radius 3 is 2.76 bits per heavy atom. The maximum absolute atomic E-state index is 14.2. The molecule has 0 bridgehead atoms. The van der Waals surface area contributed by atoms with Gasteiger partial charge >= 0.3 is 0 Å². The van der Waals surface area contributed by atoms with Gasteiger partial charge in [0, 0.05) is 45.8 Å². The molecule has 2 nitrogen and oxygen atoms in total. The minimum atomic E-state index is -0.327. The molecule has 1 aromatic carbocycles. The van der Waals surface area contributed by atoms with E-state index in [2.05, 4.69) is 28.6 Å². The fraction of sp³-hybridized carbons (Fsp3) is 0.250. The molecule has 0 atom stereocenters. The largest absolute Gasteiger partial charge is 0.494 e. The molecule has 0 saturated heterocycles. The summed E-state index contributed by atoms with van der Waals surface area (Å²) in [5.74, 6) is 0.217. The van der Waals surface area contributed by atoms with E-state index in [1.807, 2.05) is 14.0 Å². The van der Waals surface area contributed by atoms with E-state index in [0.717, 1.165) is 16.6 Å². The molecule has 1 aromatic rings. The molecule has 0 unspecified atom stereocenters. The Labute approximate surface area is 158 Å². The third kappa shape index (κ3) is 4.27. The summed E-state index contributed by atoms with van der Waals surface area (Å²) < 4.78 is 20.5. The van der Waals surface area contributed by atoms with Crippen LogP contribution in [0.3, 0.4) is 0 Å². The van der Waals surface area contributed by atoms with Crippen molar-refractivity contribution in [3.8, 4) is 5.75 Å². The summed E-state index contributed by atoms with van der Waals surface area (Å²) in [4.78, 5) is 1.80. The van der Waals surface area contributed by atoms with Crippen molar-refractivity contribution in [1.29, 1.82) is 0 Å². The molecule has 0 spiro atoms. The second-order valence-electron chi connectivity index (χ2n) is 4.48. The van der Waals surface area contributed by atoms with Crippen LogP contribution in [0.4, 0.5) is 4.39 Å². The van der Waals surface area contributed by atoms with Crippen LogP contribution in [0.15, 0.2) is 41.0 Å². The molecule has 0 N–H and O–H groups in total.